The lowest BCUT2D eigenvalue weighted by molar-refractivity contribution is -0.137. The van der Waals surface area contributed by atoms with E-state index in [4.69, 9.17) is 9.47 Å². The summed E-state index contributed by atoms with van der Waals surface area (Å²) in [6.45, 7) is 5.97. The number of carbonyl (C=O) groups is 1. The summed E-state index contributed by atoms with van der Waals surface area (Å²) in [7, 11) is 0. The van der Waals surface area contributed by atoms with Crippen molar-refractivity contribution in [2.24, 2.45) is 5.92 Å². The molecule has 1 aromatic rings. The fourth-order valence-corrected chi connectivity index (χ4v) is 4.25. The minimum Gasteiger partial charge on any atom is -0.375 e. The maximum atomic E-state index is 12.2. The van der Waals surface area contributed by atoms with E-state index in [-0.39, 0.29) is 5.60 Å². The lowest BCUT2D eigenvalue weighted by atomic mass is 9.78. The first kappa shape index (κ1) is 19.3. The van der Waals surface area contributed by atoms with Crippen molar-refractivity contribution in [2.75, 3.05) is 26.3 Å². The molecule has 0 aromatic carbocycles. The van der Waals surface area contributed by atoms with E-state index in [1.807, 2.05) is 23.1 Å². The Hall–Kier alpha value is -1.46. The number of unbranched alkanes of at least 4 members (excludes halogenated alkanes) is 1. The molecule has 144 valence electrons. The van der Waals surface area contributed by atoms with Gasteiger partial charge in [-0.1, -0.05) is 19.4 Å². The van der Waals surface area contributed by atoms with Crippen molar-refractivity contribution in [3.8, 4) is 0 Å². The number of likely N-dealkylation sites (tertiary alicyclic amines) is 1. The molecular formula is C21H32N2O3. The Morgan fingerprint density at radius 2 is 2.23 bits per heavy atom. The third-order valence-corrected chi connectivity index (χ3v) is 5.89. The van der Waals surface area contributed by atoms with Crippen LogP contribution in [0.2, 0.25) is 0 Å². The number of amides is 1. The number of rotatable bonds is 8. The Morgan fingerprint density at radius 3 is 2.96 bits per heavy atom. The molecule has 1 amide bonds. The highest BCUT2D eigenvalue weighted by Crippen LogP contribution is 2.42. The van der Waals surface area contributed by atoms with Crippen molar-refractivity contribution in [1.82, 2.24) is 9.88 Å². The molecule has 1 unspecified atom stereocenters. The summed E-state index contributed by atoms with van der Waals surface area (Å²) in [6, 6.07) is 5.90. The van der Waals surface area contributed by atoms with Crippen molar-refractivity contribution < 1.29 is 14.3 Å². The lowest BCUT2D eigenvalue weighted by Gasteiger charge is -2.42. The summed E-state index contributed by atoms with van der Waals surface area (Å²) < 4.78 is 12.0. The van der Waals surface area contributed by atoms with Gasteiger partial charge >= 0.3 is 0 Å². The topological polar surface area (TPSA) is 51.7 Å². The van der Waals surface area contributed by atoms with Gasteiger partial charge in [-0.15, -0.1) is 0 Å². The van der Waals surface area contributed by atoms with E-state index < -0.39 is 0 Å². The second kappa shape index (κ2) is 9.47. The number of piperidine rings is 1. The number of hydrogen-bond donors (Lipinski definition) is 0. The molecule has 3 heterocycles. The van der Waals surface area contributed by atoms with Crippen LogP contribution in [0.25, 0.3) is 0 Å². The molecule has 2 fully saturated rings. The van der Waals surface area contributed by atoms with E-state index >= 15 is 0 Å². The van der Waals surface area contributed by atoms with Gasteiger partial charge in [0.1, 0.15) is 0 Å². The molecule has 0 radical (unpaired) electrons. The summed E-state index contributed by atoms with van der Waals surface area (Å²) in [5.41, 5.74) is 0.944. The zero-order valence-electron chi connectivity index (χ0n) is 16.0. The molecule has 1 aromatic heterocycles. The number of ether oxygens (including phenoxy) is 2. The number of nitrogens with zero attached hydrogens (tertiary/aromatic N) is 2. The Morgan fingerprint density at radius 1 is 1.38 bits per heavy atom. The van der Waals surface area contributed by atoms with Crippen LogP contribution in [0.4, 0.5) is 0 Å². The van der Waals surface area contributed by atoms with Crippen molar-refractivity contribution >= 4 is 5.91 Å². The number of aromatic nitrogens is 1. The molecule has 5 nitrogen and oxygen atoms in total. The zero-order valence-corrected chi connectivity index (χ0v) is 16.0. The van der Waals surface area contributed by atoms with Gasteiger partial charge in [0.25, 0.3) is 0 Å². The summed E-state index contributed by atoms with van der Waals surface area (Å²) in [4.78, 5) is 18.6. The van der Waals surface area contributed by atoms with E-state index in [1.165, 1.54) is 0 Å². The Kier molecular flexibility index (Phi) is 7.03. The SMILES string of the molecule is CCCCC(=O)N1CCC2(CC1)OCCC2CCOCc1ccccn1. The predicted molar refractivity (Wildman–Crippen MR) is 101 cm³/mol. The molecule has 26 heavy (non-hydrogen) atoms. The number of carbonyl (C=O) groups excluding carboxylic acids is 1. The normalized spacial score (nSPS) is 22.0. The van der Waals surface area contributed by atoms with Crippen molar-refractivity contribution in [3.05, 3.63) is 30.1 Å². The quantitative estimate of drug-likeness (QED) is 0.665. The number of hydrogen-bond acceptors (Lipinski definition) is 4. The molecule has 1 spiro atoms. The highest BCUT2D eigenvalue weighted by Gasteiger charge is 2.46. The lowest BCUT2D eigenvalue weighted by Crippen LogP contribution is -2.49. The van der Waals surface area contributed by atoms with E-state index in [0.29, 0.717) is 24.9 Å². The van der Waals surface area contributed by atoms with Gasteiger partial charge in [-0.2, -0.15) is 0 Å². The van der Waals surface area contributed by atoms with Gasteiger partial charge in [0.05, 0.1) is 17.9 Å². The molecule has 2 saturated heterocycles. The second-order valence-electron chi connectivity index (χ2n) is 7.55. The molecule has 2 aliphatic heterocycles. The van der Waals surface area contributed by atoms with Crippen molar-refractivity contribution in [1.29, 1.82) is 0 Å². The maximum Gasteiger partial charge on any atom is 0.222 e. The zero-order chi connectivity index (χ0) is 18.2. The Labute approximate surface area is 157 Å². The first-order chi connectivity index (χ1) is 12.7. The Balaban J connectivity index is 1.42. The van der Waals surface area contributed by atoms with Crippen LogP contribution in [0.3, 0.4) is 0 Å². The largest absolute Gasteiger partial charge is 0.375 e. The third kappa shape index (κ3) is 4.83. The van der Waals surface area contributed by atoms with E-state index in [2.05, 4.69) is 11.9 Å². The van der Waals surface area contributed by atoms with Crippen LogP contribution >= 0.6 is 0 Å². The fourth-order valence-electron chi connectivity index (χ4n) is 4.25. The molecule has 0 bridgehead atoms. The molecule has 5 heteroatoms. The third-order valence-electron chi connectivity index (χ3n) is 5.89. The molecule has 1 atom stereocenters. The molecule has 0 saturated carbocycles. The van der Waals surface area contributed by atoms with E-state index in [0.717, 1.165) is 70.5 Å². The second-order valence-corrected chi connectivity index (χ2v) is 7.55. The van der Waals surface area contributed by atoms with Crippen LogP contribution in [0, 0.1) is 5.92 Å². The highest BCUT2D eigenvalue weighted by atomic mass is 16.5. The first-order valence-corrected chi connectivity index (χ1v) is 10.1. The van der Waals surface area contributed by atoms with Gasteiger partial charge in [-0.05, 0) is 50.2 Å². The van der Waals surface area contributed by atoms with Gasteiger partial charge in [0, 0.05) is 38.9 Å². The van der Waals surface area contributed by atoms with Crippen LogP contribution in [0.15, 0.2) is 24.4 Å². The van der Waals surface area contributed by atoms with Gasteiger partial charge in [0.2, 0.25) is 5.91 Å². The average molecular weight is 360 g/mol. The average Bonchev–Trinajstić information content (AvgIpc) is 3.06. The monoisotopic (exact) mass is 360 g/mol. The summed E-state index contributed by atoms with van der Waals surface area (Å²) in [5, 5.41) is 0. The maximum absolute atomic E-state index is 12.2. The fraction of sp³-hybridized carbons (Fsp3) is 0.714. The van der Waals surface area contributed by atoms with Gasteiger partial charge in [-0.25, -0.2) is 0 Å². The van der Waals surface area contributed by atoms with Crippen molar-refractivity contribution in [2.45, 2.75) is 64.1 Å². The van der Waals surface area contributed by atoms with E-state index in [9.17, 15) is 4.79 Å². The van der Waals surface area contributed by atoms with Gasteiger partial charge in [-0.3, -0.25) is 9.78 Å². The molecule has 3 rings (SSSR count). The molecular weight excluding hydrogens is 328 g/mol. The summed E-state index contributed by atoms with van der Waals surface area (Å²) in [6.07, 6.45) is 8.63. The minimum atomic E-state index is -0.0319. The highest BCUT2D eigenvalue weighted by molar-refractivity contribution is 5.76. The number of pyridine rings is 1. The Bertz CT molecular complexity index is 556. The standard InChI is InChI=1S/C21H32N2O3/c1-2-3-7-20(24)23-13-10-21(11-14-23)18(9-16-26-21)8-15-25-17-19-6-4-5-12-22-19/h4-6,12,18H,2-3,7-11,13-17H2,1H3. The van der Waals surface area contributed by atoms with Crippen LogP contribution in [0.5, 0.6) is 0 Å². The first-order valence-electron chi connectivity index (χ1n) is 10.1. The summed E-state index contributed by atoms with van der Waals surface area (Å²) >= 11 is 0. The minimum absolute atomic E-state index is 0.0319. The van der Waals surface area contributed by atoms with Crippen molar-refractivity contribution in [3.63, 3.8) is 0 Å². The molecule has 0 N–H and O–H groups in total. The predicted octanol–water partition coefficient (Wildman–Crippen LogP) is 3.58. The van der Waals surface area contributed by atoms with Gasteiger partial charge in [0.15, 0.2) is 0 Å². The van der Waals surface area contributed by atoms with Crippen LogP contribution < -0.4 is 0 Å². The van der Waals surface area contributed by atoms with Crippen LogP contribution in [-0.2, 0) is 20.9 Å². The van der Waals surface area contributed by atoms with Gasteiger partial charge < -0.3 is 14.4 Å². The molecule has 2 aliphatic rings. The molecule has 0 aliphatic carbocycles. The van der Waals surface area contributed by atoms with Crippen LogP contribution in [-0.4, -0.2) is 47.7 Å². The van der Waals surface area contributed by atoms with Crippen LogP contribution in [0.1, 0.15) is 57.6 Å². The van der Waals surface area contributed by atoms with E-state index in [1.54, 1.807) is 6.20 Å². The smallest absolute Gasteiger partial charge is 0.222 e. The summed E-state index contributed by atoms with van der Waals surface area (Å²) in [5.74, 6) is 0.856.